The summed E-state index contributed by atoms with van der Waals surface area (Å²) in [7, 11) is 1.71. The Hall–Kier alpha value is -2.09. The number of likely N-dealkylation sites (N-methyl/N-ethyl adjacent to an activating group) is 1. The van der Waals surface area contributed by atoms with Crippen LogP contribution in [0.2, 0.25) is 0 Å². The third-order valence-corrected chi connectivity index (χ3v) is 5.77. The average Bonchev–Trinajstić information content (AvgIpc) is 3.31. The van der Waals surface area contributed by atoms with Crippen LogP contribution in [0.25, 0.3) is 0 Å². The molecule has 1 aliphatic carbocycles. The SMILES string of the molecule is CN1C(=O)[C@@H](OCC2CC2)[C@H]2CN(C(=O)c3ccc(C(F)(F)F)cc3)C[C@H]21. The molecule has 4 rings (SSSR count). The molecule has 5 nitrogen and oxygen atoms in total. The smallest absolute Gasteiger partial charge is 0.368 e. The third-order valence-electron chi connectivity index (χ3n) is 5.77. The molecule has 0 aromatic heterocycles. The Balaban J connectivity index is 1.45. The van der Waals surface area contributed by atoms with E-state index in [4.69, 9.17) is 4.74 Å². The largest absolute Gasteiger partial charge is 0.416 e. The number of carbonyl (C=O) groups is 2. The molecular formula is C19H21F3N2O3. The van der Waals surface area contributed by atoms with Crippen molar-refractivity contribution in [1.29, 1.82) is 0 Å². The molecule has 3 atom stereocenters. The summed E-state index contributed by atoms with van der Waals surface area (Å²) in [4.78, 5) is 28.4. The van der Waals surface area contributed by atoms with Gasteiger partial charge in [0, 0.05) is 31.6 Å². The summed E-state index contributed by atoms with van der Waals surface area (Å²) in [6.45, 7) is 1.31. The van der Waals surface area contributed by atoms with Gasteiger partial charge in [0.05, 0.1) is 18.2 Å². The monoisotopic (exact) mass is 382 g/mol. The van der Waals surface area contributed by atoms with E-state index in [2.05, 4.69) is 0 Å². The van der Waals surface area contributed by atoms with Gasteiger partial charge in [-0.15, -0.1) is 0 Å². The van der Waals surface area contributed by atoms with Crippen molar-refractivity contribution in [2.75, 3.05) is 26.7 Å². The predicted octanol–water partition coefficient (Wildman–Crippen LogP) is 2.41. The molecule has 0 radical (unpaired) electrons. The molecule has 2 heterocycles. The normalized spacial score (nSPS) is 28.0. The molecule has 1 saturated carbocycles. The highest BCUT2D eigenvalue weighted by atomic mass is 19.4. The lowest BCUT2D eigenvalue weighted by Gasteiger charge is -2.22. The van der Waals surface area contributed by atoms with Crippen molar-refractivity contribution in [3.05, 3.63) is 35.4 Å². The Morgan fingerprint density at radius 1 is 1.19 bits per heavy atom. The van der Waals surface area contributed by atoms with Gasteiger partial charge in [0.15, 0.2) is 0 Å². The van der Waals surface area contributed by atoms with Crippen molar-refractivity contribution in [2.24, 2.45) is 11.8 Å². The molecule has 0 bridgehead atoms. The molecule has 27 heavy (non-hydrogen) atoms. The number of hydrogen-bond acceptors (Lipinski definition) is 3. The van der Waals surface area contributed by atoms with Crippen LogP contribution in [0.3, 0.4) is 0 Å². The number of rotatable bonds is 4. The number of benzene rings is 1. The minimum atomic E-state index is -4.43. The van der Waals surface area contributed by atoms with Gasteiger partial charge in [-0.25, -0.2) is 0 Å². The van der Waals surface area contributed by atoms with Crippen molar-refractivity contribution in [1.82, 2.24) is 9.80 Å². The van der Waals surface area contributed by atoms with E-state index in [1.807, 2.05) is 0 Å². The zero-order valence-electron chi connectivity index (χ0n) is 14.9. The van der Waals surface area contributed by atoms with Crippen molar-refractivity contribution < 1.29 is 27.5 Å². The summed E-state index contributed by atoms with van der Waals surface area (Å²) >= 11 is 0. The molecule has 2 saturated heterocycles. The third kappa shape index (κ3) is 3.42. The Kier molecular flexibility index (Phi) is 4.41. The molecule has 8 heteroatoms. The van der Waals surface area contributed by atoms with Crippen LogP contribution in [0.5, 0.6) is 0 Å². The fraction of sp³-hybridized carbons (Fsp3) is 0.579. The highest BCUT2D eigenvalue weighted by Gasteiger charge is 2.53. The maximum atomic E-state index is 12.7. The summed E-state index contributed by atoms with van der Waals surface area (Å²) in [5, 5.41) is 0. The molecule has 0 N–H and O–H groups in total. The van der Waals surface area contributed by atoms with Crippen LogP contribution in [-0.2, 0) is 15.7 Å². The predicted molar refractivity (Wildman–Crippen MR) is 89.9 cm³/mol. The summed E-state index contributed by atoms with van der Waals surface area (Å²) in [5.41, 5.74) is -0.566. The molecule has 2 amide bonds. The maximum Gasteiger partial charge on any atom is 0.416 e. The van der Waals surface area contributed by atoms with Crippen LogP contribution in [0, 0.1) is 11.8 Å². The minimum Gasteiger partial charge on any atom is -0.368 e. The second-order valence-corrected chi connectivity index (χ2v) is 7.66. The lowest BCUT2D eigenvalue weighted by atomic mass is 10.0. The molecule has 146 valence electrons. The van der Waals surface area contributed by atoms with Gasteiger partial charge in [-0.3, -0.25) is 9.59 Å². The number of likely N-dealkylation sites (tertiary alicyclic amines) is 2. The lowest BCUT2D eigenvalue weighted by molar-refractivity contribution is -0.138. The molecule has 0 unspecified atom stereocenters. The van der Waals surface area contributed by atoms with E-state index in [0.717, 1.165) is 25.0 Å². The molecule has 3 aliphatic rings. The summed E-state index contributed by atoms with van der Waals surface area (Å²) in [6, 6.07) is 4.13. The number of ether oxygens (including phenoxy) is 1. The van der Waals surface area contributed by atoms with Gasteiger partial charge in [0.25, 0.3) is 11.8 Å². The van der Waals surface area contributed by atoms with E-state index >= 15 is 0 Å². The Labute approximate surface area is 155 Å². The second kappa shape index (κ2) is 6.51. The zero-order chi connectivity index (χ0) is 19.3. The number of nitrogens with zero attached hydrogens (tertiary/aromatic N) is 2. The standard InChI is InChI=1S/C19H21F3N2O3/c1-23-15-9-24(8-14(15)16(18(23)26)27-10-11-2-3-11)17(25)12-4-6-13(7-5-12)19(20,21)22/h4-7,11,14-16H,2-3,8-10H2,1H3/t14-,15+,16-/m0/s1. The van der Waals surface area contributed by atoms with E-state index < -0.39 is 17.8 Å². The Morgan fingerprint density at radius 2 is 1.85 bits per heavy atom. The van der Waals surface area contributed by atoms with Crippen LogP contribution < -0.4 is 0 Å². The molecule has 2 aliphatic heterocycles. The van der Waals surface area contributed by atoms with Gasteiger partial charge in [-0.2, -0.15) is 13.2 Å². The Bertz CT molecular complexity index is 746. The van der Waals surface area contributed by atoms with Crippen LogP contribution in [-0.4, -0.2) is 60.5 Å². The number of hydrogen-bond donors (Lipinski definition) is 0. The van der Waals surface area contributed by atoms with Crippen molar-refractivity contribution in [3.8, 4) is 0 Å². The van der Waals surface area contributed by atoms with E-state index in [9.17, 15) is 22.8 Å². The summed E-state index contributed by atoms with van der Waals surface area (Å²) in [5.74, 6) is 0.0697. The van der Waals surface area contributed by atoms with Gasteiger partial charge in [0.2, 0.25) is 0 Å². The van der Waals surface area contributed by atoms with Crippen LogP contribution in [0.1, 0.15) is 28.8 Å². The van der Waals surface area contributed by atoms with E-state index in [1.54, 1.807) is 16.8 Å². The highest BCUT2D eigenvalue weighted by molar-refractivity contribution is 5.95. The first-order chi connectivity index (χ1) is 12.8. The average molecular weight is 382 g/mol. The van der Waals surface area contributed by atoms with Gasteiger partial charge >= 0.3 is 6.18 Å². The number of carbonyl (C=O) groups excluding carboxylic acids is 2. The van der Waals surface area contributed by atoms with Crippen molar-refractivity contribution >= 4 is 11.8 Å². The summed E-state index contributed by atoms with van der Waals surface area (Å²) in [6.07, 6.45) is -2.71. The number of fused-ring (bicyclic) bond motifs is 1. The van der Waals surface area contributed by atoms with E-state index in [-0.39, 0.29) is 29.3 Å². The topological polar surface area (TPSA) is 49.9 Å². The minimum absolute atomic E-state index is 0.0488. The highest BCUT2D eigenvalue weighted by Crippen LogP contribution is 2.36. The lowest BCUT2D eigenvalue weighted by Crippen LogP contribution is -2.39. The fourth-order valence-electron chi connectivity index (χ4n) is 3.94. The number of amides is 2. The second-order valence-electron chi connectivity index (χ2n) is 7.66. The van der Waals surface area contributed by atoms with Crippen LogP contribution in [0.4, 0.5) is 13.2 Å². The maximum absolute atomic E-state index is 12.7. The van der Waals surface area contributed by atoms with Crippen molar-refractivity contribution in [2.45, 2.75) is 31.2 Å². The molecular weight excluding hydrogens is 361 g/mol. The molecule has 1 aromatic rings. The zero-order valence-corrected chi connectivity index (χ0v) is 14.9. The van der Waals surface area contributed by atoms with Gasteiger partial charge in [-0.05, 0) is 43.0 Å². The van der Waals surface area contributed by atoms with E-state index in [1.165, 1.54) is 12.1 Å². The first-order valence-corrected chi connectivity index (χ1v) is 9.10. The van der Waals surface area contributed by atoms with E-state index in [0.29, 0.717) is 25.6 Å². The molecule has 0 spiro atoms. The van der Waals surface area contributed by atoms with Crippen molar-refractivity contribution in [3.63, 3.8) is 0 Å². The molecule has 1 aromatic carbocycles. The summed E-state index contributed by atoms with van der Waals surface area (Å²) < 4.78 is 43.9. The van der Waals surface area contributed by atoms with Crippen LogP contribution in [0.15, 0.2) is 24.3 Å². The number of halogens is 3. The van der Waals surface area contributed by atoms with Gasteiger partial charge in [-0.1, -0.05) is 0 Å². The quantitative estimate of drug-likeness (QED) is 0.804. The number of alkyl halides is 3. The Morgan fingerprint density at radius 3 is 2.44 bits per heavy atom. The molecule has 3 fully saturated rings. The fourth-order valence-corrected chi connectivity index (χ4v) is 3.94. The van der Waals surface area contributed by atoms with Gasteiger partial charge < -0.3 is 14.5 Å². The first kappa shape index (κ1) is 18.3. The van der Waals surface area contributed by atoms with Crippen LogP contribution >= 0.6 is 0 Å². The first-order valence-electron chi connectivity index (χ1n) is 9.10. The van der Waals surface area contributed by atoms with Gasteiger partial charge in [0.1, 0.15) is 6.10 Å².